The molecule has 0 bridgehead atoms. The van der Waals surface area contributed by atoms with E-state index in [0.717, 1.165) is 5.39 Å². The highest BCUT2D eigenvalue weighted by molar-refractivity contribution is 5.84. The molecule has 5 nitrogen and oxygen atoms in total. The van der Waals surface area contributed by atoms with E-state index in [2.05, 4.69) is 0 Å². The van der Waals surface area contributed by atoms with E-state index >= 15 is 0 Å². The smallest absolute Gasteiger partial charge is 0.344 e. The molecule has 140 valence electrons. The number of ether oxygens (including phenoxy) is 3. The first-order valence-corrected chi connectivity index (χ1v) is 8.72. The van der Waals surface area contributed by atoms with Crippen LogP contribution in [0.3, 0.4) is 0 Å². The average molecular weight is 374 g/mol. The predicted octanol–water partition coefficient (Wildman–Crippen LogP) is 5.27. The van der Waals surface area contributed by atoms with E-state index in [-0.39, 0.29) is 5.63 Å². The molecule has 0 aliphatic rings. The number of para-hydroxylation sites is 1. The summed E-state index contributed by atoms with van der Waals surface area (Å²) < 4.78 is 22.2. The van der Waals surface area contributed by atoms with Crippen LogP contribution in [0.4, 0.5) is 0 Å². The van der Waals surface area contributed by atoms with E-state index < -0.39 is 0 Å². The van der Waals surface area contributed by atoms with Gasteiger partial charge in [-0.1, -0.05) is 30.3 Å². The highest BCUT2D eigenvalue weighted by Gasteiger charge is 2.13. The van der Waals surface area contributed by atoms with Gasteiger partial charge in [0.15, 0.2) is 11.5 Å². The van der Waals surface area contributed by atoms with Crippen LogP contribution in [0.25, 0.3) is 22.1 Å². The number of fused-ring (bicyclic) bond motifs is 1. The number of benzene rings is 3. The minimum atomic E-state index is -0.381. The maximum Gasteiger partial charge on any atom is 0.344 e. The molecule has 28 heavy (non-hydrogen) atoms. The van der Waals surface area contributed by atoms with Crippen LogP contribution in [0.5, 0.6) is 23.0 Å². The lowest BCUT2D eigenvalue weighted by atomic mass is 10.1. The van der Waals surface area contributed by atoms with Crippen molar-refractivity contribution in [3.63, 3.8) is 0 Å². The van der Waals surface area contributed by atoms with E-state index in [9.17, 15) is 4.79 Å². The minimum absolute atomic E-state index is 0.381. The first-order chi connectivity index (χ1) is 13.7. The molecule has 0 spiro atoms. The molecule has 0 saturated heterocycles. The summed E-state index contributed by atoms with van der Waals surface area (Å²) in [6.45, 7) is 0. The van der Waals surface area contributed by atoms with E-state index in [1.807, 2.05) is 48.5 Å². The Bertz CT molecular complexity index is 1190. The molecule has 0 atom stereocenters. The van der Waals surface area contributed by atoms with Crippen molar-refractivity contribution in [2.75, 3.05) is 14.2 Å². The van der Waals surface area contributed by atoms with Gasteiger partial charge in [0.1, 0.15) is 17.3 Å². The van der Waals surface area contributed by atoms with Gasteiger partial charge in [0, 0.05) is 6.07 Å². The van der Waals surface area contributed by atoms with Gasteiger partial charge in [-0.3, -0.25) is 0 Å². The van der Waals surface area contributed by atoms with Gasteiger partial charge < -0.3 is 18.6 Å². The van der Waals surface area contributed by atoms with Gasteiger partial charge in [0.2, 0.25) is 0 Å². The molecule has 0 radical (unpaired) electrons. The lowest BCUT2D eigenvalue weighted by molar-refractivity contribution is 0.352. The largest absolute Gasteiger partial charge is 0.493 e. The van der Waals surface area contributed by atoms with E-state index in [1.54, 1.807) is 38.5 Å². The zero-order chi connectivity index (χ0) is 19.5. The van der Waals surface area contributed by atoms with Crippen molar-refractivity contribution >= 4 is 10.8 Å². The lowest BCUT2D eigenvalue weighted by Crippen LogP contribution is -2.00. The standard InChI is InChI=1S/C23H18O5/c1-25-20-12-11-16(14-22(20)26-2)27-19-10-6-5-9-18(19)21-13-15-7-3-4-8-17(15)23(24)28-21/h3-14H,1-2H3. The van der Waals surface area contributed by atoms with Gasteiger partial charge in [-0.15, -0.1) is 0 Å². The molecule has 0 saturated carbocycles. The van der Waals surface area contributed by atoms with Crippen LogP contribution in [-0.4, -0.2) is 14.2 Å². The van der Waals surface area contributed by atoms with Gasteiger partial charge in [-0.2, -0.15) is 0 Å². The quantitative estimate of drug-likeness (QED) is 0.476. The summed E-state index contributed by atoms with van der Waals surface area (Å²) in [5.74, 6) is 2.76. The molecule has 4 aromatic rings. The van der Waals surface area contributed by atoms with Crippen LogP contribution in [0.15, 0.2) is 82.0 Å². The van der Waals surface area contributed by atoms with Crippen LogP contribution >= 0.6 is 0 Å². The predicted molar refractivity (Wildman–Crippen MR) is 108 cm³/mol. The summed E-state index contributed by atoms with van der Waals surface area (Å²) in [4.78, 5) is 12.4. The van der Waals surface area contributed by atoms with E-state index in [1.165, 1.54) is 0 Å². The summed E-state index contributed by atoms with van der Waals surface area (Å²) in [6.07, 6.45) is 0. The topological polar surface area (TPSA) is 57.9 Å². The van der Waals surface area contributed by atoms with Crippen molar-refractivity contribution in [1.29, 1.82) is 0 Å². The molecule has 0 N–H and O–H groups in total. The summed E-state index contributed by atoms with van der Waals surface area (Å²) in [7, 11) is 3.15. The van der Waals surface area contributed by atoms with Crippen LogP contribution < -0.4 is 19.8 Å². The summed E-state index contributed by atoms with van der Waals surface area (Å²) >= 11 is 0. The summed E-state index contributed by atoms with van der Waals surface area (Å²) in [6, 6.07) is 21.9. The SMILES string of the molecule is COc1ccc(Oc2ccccc2-c2cc3ccccc3c(=O)o2)cc1OC. The zero-order valence-corrected chi connectivity index (χ0v) is 15.5. The van der Waals surface area contributed by atoms with Crippen LogP contribution in [0.2, 0.25) is 0 Å². The van der Waals surface area contributed by atoms with Crippen LogP contribution in [0.1, 0.15) is 0 Å². The fraction of sp³-hybridized carbons (Fsp3) is 0.0870. The third-order valence-electron chi connectivity index (χ3n) is 4.41. The molecule has 0 unspecified atom stereocenters. The maximum absolute atomic E-state index is 12.4. The third kappa shape index (κ3) is 3.30. The second kappa shape index (κ2) is 7.48. The van der Waals surface area contributed by atoms with Crippen molar-refractivity contribution in [2.45, 2.75) is 0 Å². The molecule has 1 heterocycles. The Balaban J connectivity index is 1.77. The number of rotatable bonds is 5. The Morgan fingerprint density at radius 2 is 1.50 bits per heavy atom. The first kappa shape index (κ1) is 17.7. The highest BCUT2D eigenvalue weighted by atomic mass is 16.5. The minimum Gasteiger partial charge on any atom is -0.493 e. The number of hydrogen-bond acceptors (Lipinski definition) is 5. The Hall–Kier alpha value is -3.73. The average Bonchev–Trinajstić information content (AvgIpc) is 2.74. The van der Waals surface area contributed by atoms with Gasteiger partial charge >= 0.3 is 5.63 Å². The molecule has 1 aromatic heterocycles. The summed E-state index contributed by atoms with van der Waals surface area (Å²) in [5.41, 5.74) is 0.300. The molecule has 5 heteroatoms. The van der Waals surface area contributed by atoms with Crippen molar-refractivity contribution in [3.8, 4) is 34.3 Å². The lowest BCUT2D eigenvalue weighted by Gasteiger charge is -2.13. The second-order valence-electron chi connectivity index (χ2n) is 6.10. The Morgan fingerprint density at radius 3 is 2.32 bits per heavy atom. The summed E-state index contributed by atoms with van der Waals surface area (Å²) in [5, 5.41) is 1.36. The zero-order valence-electron chi connectivity index (χ0n) is 15.5. The molecule has 3 aromatic carbocycles. The molecule has 0 fully saturated rings. The molecule has 0 aliphatic heterocycles. The van der Waals surface area contributed by atoms with Gasteiger partial charge in [0.25, 0.3) is 0 Å². The first-order valence-electron chi connectivity index (χ1n) is 8.72. The Labute approximate surface area is 161 Å². The second-order valence-corrected chi connectivity index (χ2v) is 6.10. The van der Waals surface area contributed by atoms with Crippen molar-refractivity contribution in [3.05, 3.63) is 83.2 Å². The maximum atomic E-state index is 12.4. The molecule has 0 amide bonds. The van der Waals surface area contributed by atoms with Gasteiger partial charge in [-0.25, -0.2) is 4.79 Å². The normalized spacial score (nSPS) is 10.6. The molecular weight excluding hydrogens is 356 g/mol. The van der Waals surface area contributed by atoms with Crippen molar-refractivity contribution < 1.29 is 18.6 Å². The molecule has 0 aliphatic carbocycles. The Kier molecular flexibility index (Phi) is 4.72. The van der Waals surface area contributed by atoms with Crippen LogP contribution in [0, 0.1) is 0 Å². The highest BCUT2D eigenvalue weighted by Crippen LogP contribution is 2.37. The monoisotopic (exact) mass is 374 g/mol. The van der Waals surface area contributed by atoms with Crippen molar-refractivity contribution in [2.24, 2.45) is 0 Å². The third-order valence-corrected chi connectivity index (χ3v) is 4.41. The van der Waals surface area contributed by atoms with Gasteiger partial charge in [0.05, 0.1) is 25.2 Å². The van der Waals surface area contributed by atoms with Crippen LogP contribution in [-0.2, 0) is 0 Å². The molecular formula is C23H18O5. The number of methoxy groups -OCH3 is 2. The Morgan fingerprint density at radius 1 is 0.750 bits per heavy atom. The van der Waals surface area contributed by atoms with E-state index in [0.29, 0.717) is 39.7 Å². The van der Waals surface area contributed by atoms with E-state index in [4.69, 9.17) is 18.6 Å². The molecule has 4 rings (SSSR count). The van der Waals surface area contributed by atoms with Gasteiger partial charge in [-0.05, 0) is 41.8 Å². The van der Waals surface area contributed by atoms with Crippen molar-refractivity contribution in [1.82, 2.24) is 0 Å². The fourth-order valence-corrected chi connectivity index (χ4v) is 3.03. The fourth-order valence-electron chi connectivity index (χ4n) is 3.03. The number of hydrogen-bond donors (Lipinski definition) is 0.